The highest BCUT2D eigenvalue weighted by Gasteiger charge is 2.46. The number of ether oxygens (including phenoxy) is 1. The molecule has 7 heteroatoms. The number of amides is 1. The Hall–Kier alpha value is -3.48. The van der Waals surface area contributed by atoms with Crippen LogP contribution in [0.1, 0.15) is 55.2 Å². The fraction of sp³-hybridized carbons (Fsp3) is 0.346. The number of fused-ring (bicyclic) bond motifs is 2. The van der Waals surface area contributed by atoms with Crippen LogP contribution in [0, 0.1) is 5.82 Å². The molecule has 1 N–H and O–H groups in total. The zero-order valence-electron chi connectivity index (χ0n) is 18.4. The monoisotopic (exact) mass is 451 g/mol. The van der Waals surface area contributed by atoms with E-state index in [1.165, 1.54) is 25.1 Å². The normalized spacial score (nSPS) is 19.0. The molecule has 0 radical (unpaired) electrons. The van der Waals surface area contributed by atoms with Crippen LogP contribution >= 0.6 is 0 Å². The first-order valence-corrected chi connectivity index (χ1v) is 11.0. The lowest BCUT2D eigenvalue weighted by molar-refractivity contribution is -0.137. The molecule has 0 aromatic heterocycles. The molecule has 1 fully saturated rings. The van der Waals surface area contributed by atoms with E-state index in [0.29, 0.717) is 38.1 Å². The first-order valence-electron chi connectivity index (χ1n) is 11.0. The summed E-state index contributed by atoms with van der Waals surface area (Å²) in [5.74, 6) is -0.971. The second-order valence-electron chi connectivity index (χ2n) is 8.88. The van der Waals surface area contributed by atoms with E-state index < -0.39 is 12.1 Å². The zero-order valence-corrected chi connectivity index (χ0v) is 18.4. The number of benzene rings is 2. The van der Waals surface area contributed by atoms with E-state index in [2.05, 4.69) is 0 Å². The summed E-state index contributed by atoms with van der Waals surface area (Å²) in [5.41, 5.74) is 2.30. The van der Waals surface area contributed by atoms with E-state index in [1.807, 2.05) is 0 Å². The van der Waals surface area contributed by atoms with Crippen LogP contribution in [-0.2, 0) is 15.0 Å². The minimum atomic E-state index is -0.865. The number of nitrogens with zero attached hydrogens (tertiary/aromatic N) is 1. The van der Waals surface area contributed by atoms with Gasteiger partial charge < -0.3 is 14.7 Å². The molecule has 1 aliphatic carbocycles. The Labute approximate surface area is 191 Å². The number of piperidine rings is 1. The second kappa shape index (κ2) is 9.17. The number of carbonyl (C=O) groups is 3. The first kappa shape index (κ1) is 22.7. The Morgan fingerprint density at radius 2 is 1.85 bits per heavy atom. The SMILES string of the molecule is CC(=O)C=Cc1ccc(OC(=O)N2CCC3(CC2)CC(CC(=O)O)c2ccc(F)cc23)cc1. The van der Waals surface area contributed by atoms with Gasteiger partial charge in [-0.25, -0.2) is 9.18 Å². The summed E-state index contributed by atoms with van der Waals surface area (Å²) >= 11 is 0. The van der Waals surface area contributed by atoms with Gasteiger partial charge in [-0.15, -0.1) is 0 Å². The average molecular weight is 451 g/mol. The highest BCUT2D eigenvalue weighted by molar-refractivity contribution is 5.91. The summed E-state index contributed by atoms with van der Waals surface area (Å²) in [4.78, 5) is 36.7. The average Bonchev–Trinajstić information content (AvgIpc) is 3.05. The fourth-order valence-corrected chi connectivity index (χ4v) is 5.04. The molecule has 2 aliphatic rings. The number of halogens is 1. The molecular weight excluding hydrogens is 425 g/mol. The van der Waals surface area contributed by atoms with Gasteiger partial charge in [-0.3, -0.25) is 9.59 Å². The van der Waals surface area contributed by atoms with Gasteiger partial charge in [0.2, 0.25) is 0 Å². The van der Waals surface area contributed by atoms with Crippen LogP contribution in [0.15, 0.2) is 48.5 Å². The van der Waals surface area contributed by atoms with Gasteiger partial charge in [0, 0.05) is 13.1 Å². The molecule has 33 heavy (non-hydrogen) atoms. The molecule has 1 atom stereocenters. The predicted octanol–water partition coefficient (Wildman–Crippen LogP) is 4.92. The van der Waals surface area contributed by atoms with Crippen molar-refractivity contribution in [3.63, 3.8) is 0 Å². The quantitative estimate of drug-likeness (QED) is 0.652. The van der Waals surface area contributed by atoms with Gasteiger partial charge in [0.1, 0.15) is 11.6 Å². The maximum Gasteiger partial charge on any atom is 0.415 e. The largest absolute Gasteiger partial charge is 0.481 e. The number of rotatable bonds is 5. The van der Waals surface area contributed by atoms with Crippen molar-refractivity contribution < 1.29 is 28.6 Å². The minimum absolute atomic E-state index is 0.0176. The summed E-state index contributed by atoms with van der Waals surface area (Å²) in [6.07, 6.45) is 4.64. The number of carboxylic acids is 1. The van der Waals surface area contributed by atoms with Crippen LogP contribution in [0.25, 0.3) is 6.08 Å². The molecule has 1 saturated heterocycles. The number of allylic oxidation sites excluding steroid dienone is 1. The van der Waals surface area contributed by atoms with Crippen molar-refractivity contribution in [2.45, 2.75) is 43.9 Å². The van der Waals surface area contributed by atoms with Gasteiger partial charge in [0.15, 0.2) is 5.78 Å². The standard InChI is InChI=1S/C26H26FNO5/c1-17(29)2-3-18-4-7-21(8-5-18)33-25(32)28-12-10-26(11-13-28)16-19(14-24(30)31)22-9-6-20(27)15-23(22)26/h2-9,15,19H,10-14,16H2,1H3,(H,30,31). The lowest BCUT2D eigenvalue weighted by atomic mass is 9.73. The summed E-state index contributed by atoms with van der Waals surface area (Å²) in [6.45, 7) is 2.38. The molecule has 172 valence electrons. The molecule has 1 unspecified atom stereocenters. The van der Waals surface area contributed by atoms with Crippen molar-refractivity contribution in [1.82, 2.24) is 4.90 Å². The van der Waals surface area contributed by atoms with Gasteiger partial charge in [-0.2, -0.15) is 0 Å². The lowest BCUT2D eigenvalue weighted by Gasteiger charge is -2.39. The van der Waals surface area contributed by atoms with Gasteiger partial charge in [0.25, 0.3) is 0 Å². The highest BCUT2D eigenvalue weighted by Crippen LogP contribution is 2.52. The predicted molar refractivity (Wildman–Crippen MR) is 121 cm³/mol. The van der Waals surface area contributed by atoms with E-state index in [0.717, 1.165) is 16.7 Å². The minimum Gasteiger partial charge on any atom is -0.481 e. The summed E-state index contributed by atoms with van der Waals surface area (Å²) in [7, 11) is 0. The number of hydrogen-bond acceptors (Lipinski definition) is 4. The van der Waals surface area contributed by atoms with Gasteiger partial charge in [-0.05, 0) is 84.6 Å². The lowest BCUT2D eigenvalue weighted by Crippen LogP contribution is -2.45. The van der Waals surface area contributed by atoms with Crippen LogP contribution in [0.3, 0.4) is 0 Å². The summed E-state index contributed by atoms with van der Waals surface area (Å²) in [5, 5.41) is 9.30. The third-order valence-corrected chi connectivity index (χ3v) is 6.66. The van der Waals surface area contributed by atoms with Crippen molar-refractivity contribution in [1.29, 1.82) is 0 Å². The Morgan fingerprint density at radius 1 is 1.15 bits per heavy atom. The molecule has 1 heterocycles. The molecule has 1 aliphatic heterocycles. The number of ketones is 1. The Kier molecular flexibility index (Phi) is 6.31. The molecule has 4 rings (SSSR count). The molecule has 2 aromatic carbocycles. The van der Waals surface area contributed by atoms with Crippen LogP contribution in [0.5, 0.6) is 5.75 Å². The fourth-order valence-electron chi connectivity index (χ4n) is 5.04. The van der Waals surface area contributed by atoms with Gasteiger partial charge in [0.05, 0.1) is 6.42 Å². The molecule has 2 aromatic rings. The number of carbonyl (C=O) groups excluding carboxylic acids is 2. The van der Waals surface area contributed by atoms with Crippen LogP contribution < -0.4 is 4.74 Å². The van der Waals surface area contributed by atoms with Gasteiger partial charge in [-0.1, -0.05) is 24.3 Å². The van der Waals surface area contributed by atoms with Crippen LogP contribution in [0.2, 0.25) is 0 Å². The number of aliphatic carboxylic acids is 1. The van der Waals surface area contributed by atoms with Crippen LogP contribution in [-0.4, -0.2) is 40.9 Å². The topological polar surface area (TPSA) is 83.9 Å². The molecule has 6 nitrogen and oxygen atoms in total. The maximum atomic E-state index is 14.0. The van der Waals surface area contributed by atoms with Crippen molar-refractivity contribution in [3.05, 3.63) is 71.0 Å². The van der Waals surface area contributed by atoms with E-state index in [1.54, 1.807) is 41.3 Å². The molecule has 0 bridgehead atoms. The van der Waals surface area contributed by atoms with Crippen molar-refractivity contribution in [3.8, 4) is 5.75 Å². The number of carboxylic acid groups (broad SMARTS) is 1. The van der Waals surface area contributed by atoms with Gasteiger partial charge >= 0.3 is 12.1 Å². The maximum absolute atomic E-state index is 14.0. The van der Waals surface area contributed by atoms with E-state index in [9.17, 15) is 23.9 Å². The Morgan fingerprint density at radius 3 is 2.48 bits per heavy atom. The van der Waals surface area contributed by atoms with Crippen molar-refractivity contribution in [2.24, 2.45) is 0 Å². The van der Waals surface area contributed by atoms with E-state index >= 15 is 0 Å². The smallest absolute Gasteiger partial charge is 0.415 e. The number of hydrogen-bond donors (Lipinski definition) is 1. The molecule has 1 amide bonds. The first-order chi connectivity index (χ1) is 15.8. The van der Waals surface area contributed by atoms with E-state index in [-0.39, 0.29) is 29.4 Å². The molecule has 1 spiro atoms. The van der Waals surface area contributed by atoms with Crippen LogP contribution in [0.4, 0.5) is 9.18 Å². The third kappa shape index (κ3) is 4.97. The molecule has 0 saturated carbocycles. The van der Waals surface area contributed by atoms with Crippen molar-refractivity contribution >= 4 is 23.9 Å². The summed E-state index contributed by atoms with van der Waals surface area (Å²) in [6, 6.07) is 11.5. The summed E-state index contributed by atoms with van der Waals surface area (Å²) < 4.78 is 19.5. The number of likely N-dealkylation sites (tertiary alicyclic amines) is 1. The zero-order chi connectivity index (χ0) is 23.6. The Bertz CT molecular complexity index is 1100. The van der Waals surface area contributed by atoms with E-state index in [4.69, 9.17) is 4.74 Å². The second-order valence-corrected chi connectivity index (χ2v) is 8.88. The Balaban J connectivity index is 1.41. The third-order valence-electron chi connectivity index (χ3n) is 6.66. The van der Waals surface area contributed by atoms with Crippen molar-refractivity contribution in [2.75, 3.05) is 13.1 Å². The highest BCUT2D eigenvalue weighted by atomic mass is 19.1. The molecular formula is C26H26FNO5.